The van der Waals surface area contributed by atoms with Gasteiger partial charge >= 0.3 is 6.18 Å². The number of hydrogen-bond acceptors (Lipinski definition) is 3. The number of nitrogens with one attached hydrogen (secondary N) is 1. The summed E-state index contributed by atoms with van der Waals surface area (Å²) in [7, 11) is 0. The first-order valence-electron chi connectivity index (χ1n) is 8.56. The van der Waals surface area contributed by atoms with Crippen molar-refractivity contribution >= 4 is 5.91 Å². The van der Waals surface area contributed by atoms with Gasteiger partial charge in [-0.05, 0) is 38.8 Å². The van der Waals surface area contributed by atoms with Crippen LogP contribution in [0, 0.1) is 5.92 Å². The number of benzene rings is 1. The van der Waals surface area contributed by atoms with Gasteiger partial charge in [-0.25, -0.2) is 0 Å². The molecule has 0 radical (unpaired) electrons. The van der Waals surface area contributed by atoms with Crippen LogP contribution in [-0.4, -0.2) is 31.3 Å². The average molecular weight is 371 g/mol. The molecule has 3 atom stereocenters. The highest BCUT2D eigenvalue weighted by Gasteiger charge is 2.35. The fourth-order valence-corrected chi connectivity index (χ4v) is 2.97. The van der Waals surface area contributed by atoms with Gasteiger partial charge in [0.1, 0.15) is 12.4 Å². The predicted molar refractivity (Wildman–Crippen MR) is 91.8 cm³/mol. The normalized spacial score (nSPS) is 21.7. The van der Waals surface area contributed by atoms with Crippen LogP contribution >= 0.6 is 0 Å². The Labute approximate surface area is 151 Å². The van der Waals surface area contributed by atoms with Crippen molar-refractivity contribution < 1.29 is 27.4 Å². The average Bonchev–Trinajstić information content (AvgIpc) is 2.59. The van der Waals surface area contributed by atoms with Crippen molar-refractivity contribution in [3.63, 3.8) is 0 Å². The van der Waals surface area contributed by atoms with Gasteiger partial charge in [-0.2, -0.15) is 13.2 Å². The third-order valence-electron chi connectivity index (χ3n) is 4.21. The molecule has 1 aliphatic heterocycles. The largest absolute Gasteiger partial charge is 0.491 e. The van der Waals surface area contributed by atoms with E-state index in [1.807, 2.05) is 6.92 Å². The molecule has 1 aromatic carbocycles. The summed E-state index contributed by atoms with van der Waals surface area (Å²) in [5, 5.41) is 2.80. The SMILES string of the molecule is C=C(C)[C@H]1OCCC[C@H]1C(=O)N[C@H](C)COc1ccccc1C(F)(F)F. The molecule has 4 nitrogen and oxygen atoms in total. The first-order chi connectivity index (χ1) is 12.2. The van der Waals surface area contributed by atoms with Gasteiger partial charge in [0.2, 0.25) is 5.91 Å². The quantitative estimate of drug-likeness (QED) is 0.770. The van der Waals surface area contributed by atoms with E-state index in [4.69, 9.17) is 9.47 Å². The Morgan fingerprint density at radius 1 is 1.42 bits per heavy atom. The highest BCUT2D eigenvalue weighted by Crippen LogP contribution is 2.35. The Balaban J connectivity index is 1.94. The van der Waals surface area contributed by atoms with Crippen LogP contribution in [0.15, 0.2) is 36.4 Å². The zero-order valence-electron chi connectivity index (χ0n) is 14.9. The molecule has 0 bridgehead atoms. The van der Waals surface area contributed by atoms with Crippen LogP contribution < -0.4 is 10.1 Å². The number of para-hydroxylation sites is 1. The molecule has 1 aliphatic rings. The molecule has 1 amide bonds. The van der Waals surface area contributed by atoms with Crippen molar-refractivity contribution in [2.45, 2.75) is 45.0 Å². The molecule has 144 valence electrons. The molecule has 1 N–H and O–H groups in total. The maximum atomic E-state index is 13.0. The second kappa shape index (κ2) is 8.58. The molecule has 0 saturated carbocycles. The van der Waals surface area contributed by atoms with Gasteiger partial charge in [-0.3, -0.25) is 4.79 Å². The second-order valence-electron chi connectivity index (χ2n) is 6.60. The molecule has 26 heavy (non-hydrogen) atoms. The van der Waals surface area contributed by atoms with Crippen molar-refractivity contribution in [2.75, 3.05) is 13.2 Å². The van der Waals surface area contributed by atoms with E-state index in [0.29, 0.717) is 13.0 Å². The summed E-state index contributed by atoms with van der Waals surface area (Å²) in [5.74, 6) is -0.786. The minimum atomic E-state index is -4.49. The number of amides is 1. The fourth-order valence-electron chi connectivity index (χ4n) is 2.97. The monoisotopic (exact) mass is 371 g/mol. The lowest BCUT2D eigenvalue weighted by atomic mass is 9.89. The molecule has 1 heterocycles. The first kappa shape index (κ1) is 20.3. The van der Waals surface area contributed by atoms with E-state index in [1.54, 1.807) is 6.92 Å². The van der Waals surface area contributed by atoms with Crippen molar-refractivity contribution in [3.8, 4) is 5.75 Å². The summed E-state index contributed by atoms with van der Waals surface area (Å²) in [4.78, 5) is 12.5. The van der Waals surface area contributed by atoms with E-state index in [0.717, 1.165) is 18.1 Å². The van der Waals surface area contributed by atoms with E-state index in [2.05, 4.69) is 11.9 Å². The third-order valence-corrected chi connectivity index (χ3v) is 4.21. The number of hydrogen-bond donors (Lipinski definition) is 1. The van der Waals surface area contributed by atoms with Crippen LogP contribution in [0.25, 0.3) is 0 Å². The van der Waals surface area contributed by atoms with Crippen LogP contribution in [0.4, 0.5) is 13.2 Å². The topological polar surface area (TPSA) is 47.6 Å². The van der Waals surface area contributed by atoms with Crippen LogP contribution in [0.2, 0.25) is 0 Å². The molecule has 0 spiro atoms. The van der Waals surface area contributed by atoms with Crippen LogP contribution in [0.5, 0.6) is 5.75 Å². The fraction of sp³-hybridized carbons (Fsp3) is 0.526. The van der Waals surface area contributed by atoms with E-state index < -0.39 is 17.8 Å². The molecule has 1 saturated heterocycles. The number of ether oxygens (including phenoxy) is 2. The van der Waals surface area contributed by atoms with Gasteiger partial charge < -0.3 is 14.8 Å². The van der Waals surface area contributed by atoms with Gasteiger partial charge in [-0.1, -0.05) is 24.3 Å². The van der Waals surface area contributed by atoms with E-state index in [-0.39, 0.29) is 30.3 Å². The summed E-state index contributed by atoms with van der Waals surface area (Å²) < 4.78 is 49.8. The van der Waals surface area contributed by atoms with Crippen LogP contribution in [-0.2, 0) is 15.7 Å². The maximum Gasteiger partial charge on any atom is 0.419 e. The number of rotatable bonds is 6. The Morgan fingerprint density at radius 2 is 2.12 bits per heavy atom. The smallest absolute Gasteiger partial charge is 0.419 e. The molecule has 0 aliphatic carbocycles. The maximum absolute atomic E-state index is 13.0. The molecular formula is C19H24F3NO3. The summed E-state index contributed by atoms with van der Waals surface area (Å²) in [6, 6.07) is 4.57. The Kier molecular flexibility index (Phi) is 6.69. The Morgan fingerprint density at radius 3 is 2.77 bits per heavy atom. The highest BCUT2D eigenvalue weighted by atomic mass is 19.4. The summed E-state index contributed by atoms with van der Waals surface area (Å²) in [6.07, 6.45) is -3.35. The molecular weight excluding hydrogens is 347 g/mol. The minimum absolute atomic E-state index is 0.0653. The molecule has 0 aromatic heterocycles. The molecule has 2 rings (SSSR count). The van der Waals surface area contributed by atoms with Crippen molar-refractivity contribution in [1.82, 2.24) is 5.32 Å². The molecule has 0 unspecified atom stereocenters. The van der Waals surface area contributed by atoms with Crippen molar-refractivity contribution in [2.24, 2.45) is 5.92 Å². The van der Waals surface area contributed by atoms with E-state index in [1.165, 1.54) is 18.2 Å². The molecule has 1 fully saturated rings. The lowest BCUT2D eigenvalue weighted by Crippen LogP contribution is -2.46. The summed E-state index contributed by atoms with van der Waals surface area (Å²) >= 11 is 0. The van der Waals surface area contributed by atoms with Crippen LogP contribution in [0.3, 0.4) is 0 Å². The van der Waals surface area contributed by atoms with Gasteiger partial charge in [0.05, 0.1) is 23.6 Å². The Bertz CT molecular complexity index is 645. The van der Waals surface area contributed by atoms with Gasteiger partial charge in [0, 0.05) is 6.61 Å². The number of alkyl halides is 3. The predicted octanol–water partition coefficient (Wildman–Crippen LogP) is 3.96. The zero-order chi connectivity index (χ0) is 19.3. The standard InChI is InChI=1S/C19H24F3NO3/c1-12(2)17-14(7-6-10-25-17)18(24)23-13(3)11-26-16-9-5-4-8-15(16)19(20,21)22/h4-5,8-9,13-14,17H,1,6-7,10-11H2,2-3H3,(H,23,24)/t13-,14-,17-/m1/s1. The number of halogens is 3. The first-order valence-corrected chi connectivity index (χ1v) is 8.56. The lowest BCUT2D eigenvalue weighted by molar-refractivity contribution is -0.139. The highest BCUT2D eigenvalue weighted by molar-refractivity contribution is 5.80. The number of carbonyl (C=O) groups is 1. The van der Waals surface area contributed by atoms with Gasteiger partial charge in [0.15, 0.2) is 0 Å². The lowest BCUT2D eigenvalue weighted by Gasteiger charge is -2.32. The van der Waals surface area contributed by atoms with Crippen LogP contribution in [0.1, 0.15) is 32.3 Å². The second-order valence-corrected chi connectivity index (χ2v) is 6.60. The molecule has 1 aromatic rings. The Hall–Kier alpha value is -2.02. The molecule has 7 heteroatoms. The van der Waals surface area contributed by atoms with Crippen molar-refractivity contribution in [1.29, 1.82) is 0 Å². The number of carbonyl (C=O) groups excluding carboxylic acids is 1. The van der Waals surface area contributed by atoms with Crippen molar-refractivity contribution in [3.05, 3.63) is 42.0 Å². The van der Waals surface area contributed by atoms with E-state index >= 15 is 0 Å². The summed E-state index contributed by atoms with van der Waals surface area (Å²) in [5.41, 5.74) is -0.0468. The third kappa shape index (κ3) is 5.24. The zero-order valence-corrected chi connectivity index (χ0v) is 14.9. The summed E-state index contributed by atoms with van der Waals surface area (Å²) in [6.45, 7) is 7.89. The van der Waals surface area contributed by atoms with Gasteiger partial charge in [0.25, 0.3) is 0 Å². The minimum Gasteiger partial charge on any atom is -0.491 e. The van der Waals surface area contributed by atoms with E-state index in [9.17, 15) is 18.0 Å². The van der Waals surface area contributed by atoms with Gasteiger partial charge in [-0.15, -0.1) is 0 Å².